The summed E-state index contributed by atoms with van der Waals surface area (Å²) in [6, 6.07) is 0.744. The molecule has 0 saturated carbocycles. The Morgan fingerprint density at radius 1 is 1.05 bits per heavy atom. The van der Waals surface area contributed by atoms with Crippen LogP contribution < -0.4 is 0 Å². The van der Waals surface area contributed by atoms with Crippen LogP contribution in [-0.4, -0.2) is 22.4 Å². The van der Waals surface area contributed by atoms with Gasteiger partial charge < -0.3 is 5.11 Å². The molecule has 0 aromatic heterocycles. The van der Waals surface area contributed by atoms with E-state index < -0.39 is 39.9 Å². The van der Waals surface area contributed by atoms with Crippen LogP contribution in [0, 0.1) is 15.9 Å². The molecule has 0 fully saturated rings. The molecule has 0 aliphatic heterocycles. The number of rotatable bonds is 2. The molecule has 4 nitrogen and oxygen atoms in total. The van der Waals surface area contributed by atoms with E-state index in [0.717, 1.165) is 0 Å². The molecule has 11 heteroatoms. The molecular weight excluding hydrogens is 303 g/mol. The molecule has 0 radical (unpaired) electrons. The first kappa shape index (κ1) is 16.1. The van der Waals surface area contributed by atoms with Crippen LogP contribution in [0.4, 0.5) is 36.4 Å². The smallest absolute Gasteiger partial charge is 0.369 e. The summed E-state index contributed by atoms with van der Waals surface area (Å²) >= 11 is 0. The number of nitrogens with zero attached hydrogens (tertiary/aromatic N) is 1. The minimum absolute atomic E-state index is 0.0245. The molecule has 1 aromatic carbocycles. The number of hydrogen-bond acceptors (Lipinski definition) is 3. The molecule has 1 rings (SSSR count). The van der Waals surface area contributed by atoms with Gasteiger partial charge in [0.05, 0.1) is 4.92 Å². The van der Waals surface area contributed by atoms with E-state index in [1.165, 1.54) is 0 Å². The Bertz CT molecular complexity index is 523. The maximum absolute atomic E-state index is 13.5. The van der Waals surface area contributed by atoms with Crippen LogP contribution in [0.25, 0.3) is 0 Å². The molecule has 0 atom stereocenters. The Hall–Kier alpha value is -1.91. The van der Waals surface area contributed by atoms with Gasteiger partial charge in [-0.05, 0) is 0 Å². The SMILES string of the molecule is O=[N+]([O-])c1cccc(C(O)(C(F)(F)F)C(F)(F)F)c1F. The first-order chi connectivity index (χ1) is 8.84. The topological polar surface area (TPSA) is 63.4 Å². The molecule has 0 unspecified atom stereocenters. The van der Waals surface area contributed by atoms with E-state index in [0.29, 0.717) is 12.1 Å². The molecule has 0 heterocycles. The van der Waals surface area contributed by atoms with Crippen LogP contribution in [0.15, 0.2) is 18.2 Å². The minimum Gasteiger partial charge on any atom is -0.369 e. The van der Waals surface area contributed by atoms with Crippen LogP contribution in [0.5, 0.6) is 0 Å². The van der Waals surface area contributed by atoms with Gasteiger partial charge >= 0.3 is 18.0 Å². The quantitative estimate of drug-likeness (QED) is 0.519. The summed E-state index contributed by atoms with van der Waals surface area (Å²) in [7, 11) is 0. The molecule has 20 heavy (non-hydrogen) atoms. The molecule has 0 amide bonds. The highest BCUT2D eigenvalue weighted by molar-refractivity contribution is 5.41. The van der Waals surface area contributed by atoms with Crippen LogP contribution in [0.2, 0.25) is 0 Å². The first-order valence-electron chi connectivity index (χ1n) is 4.63. The van der Waals surface area contributed by atoms with Crippen molar-refractivity contribution < 1.29 is 40.8 Å². The number of nitro groups is 1. The third-order valence-corrected chi connectivity index (χ3v) is 2.39. The predicted molar refractivity (Wildman–Crippen MR) is 49.1 cm³/mol. The van der Waals surface area contributed by atoms with E-state index in [-0.39, 0.29) is 6.07 Å². The zero-order valence-electron chi connectivity index (χ0n) is 9.09. The Labute approximate surface area is 105 Å². The largest absolute Gasteiger partial charge is 0.430 e. The van der Waals surface area contributed by atoms with Gasteiger partial charge in [0.25, 0.3) is 5.60 Å². The fourth-order valence-electron chi connectivity index (χ4n) is 1.41. The summed E-state index contributed by atoms with van der Waals surface area (Å²) in [6.07, 6.45) is -12.6. The fourth-order valence-corrected chi connectivity index (χ4v) is 1.41. The molecule has 0 saturated heterocycles. The number of benzene rings is 1. The van der Waals surface area contributed by atoms with E-state index in [9.17, 15) is 40.8 Å². The molecule has 1 aromatic rings. The van der Waals surface area contributed by atoms with Crippen LogP contribution in [-0.2, 0) is 5.60 Å². The van der Waals surface area contributed by atoms with Gasteiger partial charge in [0.2, 0.25) is 5.82 Å². The number of nitro benzene ring substituents is 1. The number of aliphatic hydroxyl groups is 1. The first-order valence-corrected chi connectivity index (χ1v) is 4.63. The van der Waals surface area contributed by atoms with Gasteiger partial charge in [-0.1, -0.05) is 12.1 Å². The van der Waals surface area contributed by atoms with Gasteiger partial charge in [0.15, 0.2) is 0 Å². The molecular formula is C9H4F7NO3. The van der Waals surface area contributed by atoms with Crippen molar-refractivity contribution in [3.05, 3.63) is 39.7 Å². The normalized spacial score (nSPS) is 13.4. The third kappa shape index (κ3) is 2.28. The van der Waals surface area contributed by atoms with Crippen LogP contribution in [0.3, 0.4) is 0 Å². The highest BCUT2D eigenvalue weighted by Gasteiger charge is 2.72. The molecule has 0 aliphatic rings. The van der Waals surface area contributed by atoms with E-state index in [2.05, 4.69) is 0 Å². The Morgan fingerprint density at radius 3 is 1.85 bits per heavy atom. The number of halogens is 7. The van der Waals surface area contributed by atoms with Crippen molar-refractivity contribution >= 4 is 5.69 Å². The van der Waals surface area contributed by atoms with Crippen molar-refractivity contribution in [3.8, 4) is 0 Å². The van der Waals surface area contributed by atoms with Crippen molar-refractivity contribution in [2.45, 2.75) is 18.0 Å². The van der Waals surface area contributed by atoms with Crippen molar-refractivity contribution in [1.82, 2.24) is 0 Å². The summed E-state index contributed by atoms with van der Waals surface area (Å²) in [6.45, 7) is 0. The number of alkyl halides is 6. The maximum atomic E-state index is 13.5. The maximum Gasteiger partial charge on any atom is 0.430 e. The Morgan fingerprint density at radius 2 is 1.50 bits per heavy atom. The van der Waals surface area contributed by atoms with Gasteiger partial charge in [-0.2, -0.15) is 30.7 Å². The molecule has 0 aliphatic carbocycles. The molecule has 0 spiro atoms. The summed E-state index contributed by atoms with van der Waals surface area (Å²) in [5.74, 6) is -2.41. The van der Waals surface area contributed by atoms with Gasteiger partial charge in [-0.3, -0.25) is 10.1 Å². The zero-order valence-corrected chi connectivity index (χ0v) is 9.09. The minimum atomic E-state index is -6.32. The van der Waals surface area contributed by atoms with Gasteiger partial charge in [-0.25, -0.2) is 0 Å². The summed E-state index contributed by atoms with van der Waals surface area (Å²) < 4.78 is 88.4. The second-order valence-electron chi connectivity index (χ2n) is 3.60. The Balaban J connectivity index is 3.70. The monoisotopic (exact) mass is 307 g/mol. The highest BCUT2D eigenvalue weighted by Crippen LogP contribution is 2.51. The van der Waals surface area contributed by atoms with E-state index in [4.69, 9.17) is 5.11 Å². The van der Waals surface area contributed by atoms with E-state index >= 15 is 0 Å². The van der Waals surface area contributed by atoms with Crippen molar-refractivity contribution in [2.75, 3.05) is 0 Å². The average molecular weight is 307 g/mol. The third-order valence-electron chi connectivity index (χ3n) is 2.39. The van der Waals surface area contributed by atoms with E-state index in [1.54, 1.807) is 0 Å². The summed E-state index contributed by atoms with van der Waals surface area (Å²) in [5, 5.41) is 19.3. The van der Waals surface area contributed by atoms with E-state index in [1.807, 2.05) is 0 Å². The van der Waals surface area contributed by atoms with Crippen molar-refractivity contribution in [2.24, 2.45) is 0 Å². The van der Waals surface area contributed by atoms with Crippen LogP contribution in [0.1, 0.15) is 5.56 Å². The zero-order chi connectivity index (χ0) is 15.9. The fraction of sp³-hybridized carbons (Fsp3) is 0.333. The lowest BCUT2D eigenvalue weighted by atomic mass is 9.91. The van der Waals surface area contributed by atoms with Crippen LogP contribution >= 0.6 is 0 Å². The lowest BCUT2D eigenvalue weighted by Crippen LogP contribution is -2.54. The highest BCUT2D eigenvalue weighted by atomic mass is 19.4. The summed E-state index contributed by atoms with van der Waals surface area (Å²) in [4.78, 5) is 8.81. The Kier molecular flexibility index (Phi) is 3.70. The lowest BCUT2D eigenvalue weighted by Gasteiger charge is -2.32. The summed E-state index contributed by atoms with van der Waals surface area (Å²) in [5.41, 5.74) is -9.45. The molecule has 0 bridgehead atoms. The second-order valence-corrected chi connectivity index (χ2v) is 3.60. The second kappa shape index (κ2) is 4.58. The van der Waals surface area contributed by atoms with Gasteiger partial charge in [-0.15, -0.1) is 0 Å². The lowest BCUT2D eigenvalue weighted by molar-refractivity contribution is -0.390. The average Bonchev–Trinajstić information content (AvgIpc) is 2.24. The number of hydrogen-bond donors (Lipinski definition) is 1. The van der Waals surface area contributed by atoms with Gasteiger partial charge in [0, 0.05) is 11.6 Å². The van der Waals surface area contributed by atoms with Gasteiger partial charge in [0.1, 0.15) is 0 Å². The molecule has 1 N–H and O–H groups in total. The predicted octanol–water partition coefficient (Wildman–Crippen LogP) is 3.05. The van der Waals surface area contributed by atoms with Crippen molar-refractivity contribution in [1.29, 1.82) is 0 Å². The van der Waals surface area contributed by atoms with Crippen molar-refractivity contribution in [3.63, 3.8) is 0 Å². The molecule has 112 valence electrons. The standard InChI is InChI=1S/C9H4F7NO3/c10-6-4(2-1-3-5(6)17(19)20)7(18,8(11,12)13)9(14,15)16/h1-3,18H.